The van der Waals surface area contributed by atoms with Crippen molar-refractivity contribution in [1.29, 1.82) is 0 Å². The molecule has 1 heterocycles. The van der Waals surface area contributed by atoms with Gasteiger partial charge in [0.1, 0.15) is 5.75 Å². The molecule has 8 nitrogen and oxygen atoms in total. The van der Waals surface area contributed by atoms with Crippen molar-refractivity contribution in [3.63, 3.8) is 0 Å². The Kier molecular flexibility index (Phi) is 7.75. The van der Waals surface area contributed by atoms with Crippen LogP contribution in [0, 0.1) is 11.6 Å². The van der Waals surface area contributed by atoms with Gasteiger partial charge in [-0.3, -0.25) is 0 Å². The second kappa shape index (κ2) is 10.7. The van der Waals surface area contributed by atoms with Crippen molar-refractivity contribution < 1.29 is 33.4 Å². The largest absolute Gasteiger partial charge is 0.479 e. The Morgan fingerprint density at radius 1 is 1.12 bits per heavy atom. The van der Waals surface area contributed by atoms with Crippen molar-refractivity contribution in [1.82, 2.24) is 4.98 Å². The number of nitrogens with two attached hydrogens (primary N) is 1. The summed E-state index contributed by atoms with van der Waals surface area (Å²) in [5.74, 6) is -4.80. The highest BCUT2D eigenvalue weighted by Crippen LogP contribution is 2.32. The van der Waals surface area contributed by atoms with Gasteiger partial charge in [-0.25, -0.2) is 13.6 Å². The fourth-order valence-corrected chi connectivity index (χ4v) is 3.11. The summed E-state index contributed by atoms with van der Waals surface area (Å²) in [6.07, 6.45) is -1.33. The number of benzene rings is 2. The van der Waals surface area contributed by atoms with Crippen LogP contribution in [0.25, 0.3) is 11.1 Å². The van der Waals surface area contributed by atoms with E-state index in [0.717, 1.165) is 11.1 Å². The molecule has 0 saturated heterocycles. The number of hydrogen-bond acceptors (Lipinski definition) is 7. The van der Waals surface area contributed by atoms with Gasteiger partial charge < -0.3 is 25.5 Å². The predicted molar refractivity (Wildman–Crippen MR) is 120 cm³/mol. The molecule has 2 aromatic carbocycles. The second-order valence-electron chi connectivity index (χ2n) is 7.35. The summed E-state index contributed by atoms with van der Waals surface area (Å²) in [7, 11) is 0. The van der Waals surface area contributed by atoms with Crippen LogP contribution in [-0.2, 0) is 11.3 Å². The summed E-state index contributed by atoms with van der Waals surface area (Å²) in [5.41, 5.74) is 8.79. The van der Waals surface area contributed by atoms with Crippen LogP contribution in [-0.4, -0.2) is 33.1 Å². The van der Waals surface area contributed by atoms with E-state index in [9.17, 15) is 18.8 Å². The van der Waals surface area contributed by atoms with Gasteiger partial charge in [0.15, 0.2) is 17.7 Å². The van der Waals surface area contributed by atoms with E-state index in [4.69, 9.17) is 20.3 Å². The van der Waals surface area contributed by atoms with Gasteiger partial charge in [0.2, 0.25) is 0 Å². The van der Waals surface area contributed by atoms with E-state index < -0.39 is 35.5 Å². The molecule has 1 atom stereocenters. The number of carboxylic acid groups (broad SMARTS) is 1. The van der Waals surface area contributed by atoms with E-state index in [-0.39, 0.29) is 17.9 Å². The predicted octanol–water partition coefficient (Wildman–Crippen LogP) is 4.72. The van der Waals surface area contributed by atoms with Crippen LogP contribution in [0.1, 0.15) is 31.4 Å². The van der Waals surface area contributed by atoms with Crippen LogP contribution in [0.15, 0.2) is 53.7 Å². The van der Waals surface area contributed by atoms with Crippen molar-refractivity contribution >= 4 is 11.7 Å². The molecule has 1 aromatic heterocycles. The van der Waals surface area contributed by atoms with Gasteiger partial charge in [0, 0.05) is 18.2 Å². The summed E-state index contributed by atoms with van der Waals surface area (Å²) in [5, 5.41) is 21.6. The zero-order valence-corrected chi connectivity index (χ0v) is 18.5. The lowest BCUT2D eigenvalue weighted by Crippen LogP contribution is -2.26. The van der Waals surface area contributed by atoms with E-state index in [0.29, 0.717) is 23.7 Å². The molecule has 0 aliphatic heterocycles. The number of nitrogens with zero attached hydrogens (tertiary/aromatic N) is 2. The second-order valence-corrected chi connectivity index (χ2v) is 7.35. The number of aliphatic carboxylic acids is 1. The van der Waals surface area contributed by atoms with E-state index in [2.05, 4.69) is 10.1 Å². The van der Waals surface area contributed by atoms with Gasteiger partial charge in [-0.1, -0.05) is 30.3 Å². The topological polar surface area (TPSA) is 127 Å². The summed E-state index contributed by atoms with van der Waals surface area (Å²) < 4.78 is 39.3. The zero-order valence-electron chi connectivity index (χ0n) is 18.5. The van der Waals surface area contributed by atoms with Crippen molar-refractivity contribution in [3.05, 3.63) is 71.3 Å². The van der Waals surface area contributed by atoms with Crippen molar-refractivity contribution in [2.24, 2.45) is 10.9 Å². The monoisotopic (exact) mass is 471 g/mol. The molecule has 0 spiro atoms. The Bertz CT molecular complexity index is 1230. The van der Waals surface area contributed by atoms with E-state index in [1.807, 2.05) is 24.3 Å². The lowest BCUT2D eigenvalue weighted by molar-refractivity contribution is -0.145. The smallest absolute Gasteiger partial charge is 0.344 e. The van der Waals surface area contributed by atoms with Crippen molar-refractivity contribution in [2.45, 2.75) is 32.9 Å². The first-order valence-corrected chi connectivity index (χ1v) is 10.3. The first-order valence-electron chi connectivity index (χ1n) is 10.3. The Morgan fingerprint density at radius 3 is 2.50 bits per heavy atom. The van der Waals surface area contributed by atoms with Crippen LogP contribution in [0.4, 0.5) is 8.78 Å². The van der Waals surface area contributed by atoms with Crippen LogP contribution < -0.4 is 15.2 Å². The number of oxime groups is 1. The SMILES string of the molecule is CC[C@@H](Oc1nc(Oc2cc(C(C)=NO)cc(-c3cccc(CN)c3)c2)c(F)cc1F)C(=O)O. The number of aromatic nitrogens is 1. The molecule has 178 valence electrons. The molecule has 3 rings (SSSR count). The minimum Gasteiger partial charge on any atom is -0.479 e. The maximum atomic E-state index is 14.5. The highest BCUT2D eigenvalue weighted by atomic mass is 19.1. The van der Waals surface area contributed by atoms with Gasteiger partial charge in [-0.05, 0) is 54.3 Å². The third-order valence-electron chi connectivity index (χ3n) is 4.95. The number of rotatable bonds is 9. The molecule has 0 aliphatic carbocycles. The van der Waals surface area contributed by atoms with Gasteiger partial charge >= 0.3 is 5.97 Å². The average Bonchev–Trinajstić information content (AvgIpc) is 2.84. The van der Waals surface area contributed by atoms with Gasteiger partial charge in [-0.2, -0.15) is 4.98 Å². The molecule has 0 unspecified atom stereocenters. The maximum Gasteiger partial charge on any atom is 0.344 e. The van der Waals surface area contributed by atoms with Crippen molar-refractivity contribution in [2.75, 3.05) is 0 Å². The lowest BCUT2D eigenvalue weighted by atomic mass is 9.99. The quantitative estimate of drug-likeness (QED) is 0.234. The Balaban J connectivity index is 2.04. The van der Waals surface area contributed by atoms with Gasteiger partial charge in [0.25, 0.3) is 11.8 Å². The van der Waals surface area contributed by atoms with Gasteiger partial charge in [0.05, 0.1) is 5.71 Å². The Labute approximate surface area is 194 Å². The maximum absolute atomic E-state index is 14.5. The number of ether oxygens (including phenoxy) is 2. The zero-order chi connectivity index (χ0) is 24.8. The van der Waals surface area contributed by atoms with Crippen LogP contribution in [0.5, 0.6) is 17.5 Å². The lowest BCUT2D eigenvalue weighted by Gasteiger charge is -2.15. The molecule has 0 fully saturated rings. The fraction of sp³-hybridized carbons (Fsp3) is 0.208. The number of hydrogen-bond donors (Lipinski definition) is 3. The summed E-state index contributed by atoms with van der Waals surface area (Å²) >= 11 is 0. The molecule has 4 N–H and O–H groups in total. The molecule has 0 aliphatic rings. The minimum atomic E-state index is -1.37. The van der Waals surface area contributed by atoms with E-state index >= 15 is 0 Å². The van der Waals surface area contributed by atoms with Gasteiger partial charge in [-0.15, -0.1) is 0 Å². The first-order chi connectivity index (χ1) is 16.2. The minimum absolute atomic E-state index is 0.0388. The Hall–Kier alpha value is -4.05. The highest BCUT2D eigenvalue weighted by molar-refractivity contribution is 5.99. The number of halogens is 2. The highest BCUT2D eigenvalue weighted by Gasteiger charge is 2.22. The molecule has 0 amide bonds. The third kappa shape index (κ3) is 5.65. The van der Waals surface area contributed by atoms with Crippen molar-refractivity contribution in [3.8, 4) is 28.6 Å². The molecule has 0 radical (unpaired) electrons. The van der Waals surface area contributed by atoms with Crippen LogP contribution >= 0.6 is 0 Å². The summed E-state index contributed by atoms with van der Waals surface area (Å²) in [4.78, 5) is 14.9. The third-order valence-corrected chi connectivity index (χ3v) is 4.95. The van der Waals surface area contributed by atoms with Crippen LogP contribution in [0.3, 0.4) is 0 Å². The standard InChI is InChI=1S/C24H23F2N3O5/c1-3-21(24(30)31)34-23-20(26)11-19(25)22(28-23)33-18-9-16(13(2)29-32)8-17(10-18)15-6-4-5-14(7-15)12-27/h4-11,21,32H,3,12,27H2,1-2H3,(H,30,31)/t21-/m1/s1. The average molecular weight is 471 g/mol. The van der Waals surface area contributed by atoms with E-state index in [1.54, 1.807) is 19.1 Å². The molecule has 0 saturated carbocycles. The number of carboxylic acids is 1. The molecule has 3 aromatic rings. The Morgan fingerprint density at radius 2 is 1.85 bits per heavy atom. The van der Waals surface area contributed by atoms with E-state index in [1.165, 1.54) is 13.0 Å². The normalized spacial score (nSPS) is 12.3. The summed E-state index contributed by atoms with van der Waals surface area (Å²) in [6.45, 7) is 3.44. The molecule has 0 bridgehead atoms. The number of pyridine rings is 1. The van der Waals surface area contributed by atoms with Crippen LogP contribution in [0.2, 0.25) is 0 Å². The molecular weight excluding hydrogens is 448 g/mol. The molecular formula is C24H23F2N3O5. The molecule has 10 heteroatoms. The fourth-order valence-electron chi connectivity index (χ4n) is 3.11. The molecule has 34 heavy (non-hydrogen) atoms. The number of carbonyl (C=O) groups is 1. The summed E-state index contributed by atoms with van der Waals surface area (Å²) in [6, 6.07) is 12.7. The first kappa shape index (κ1) is 24.6.